The molecule has 0 saturated heterocycles. The highest BCUT2D eigenvalue weighted by molar-refractivity contribution is 5.99. The number of aryl methyl sites for hydroxylation is 1. The highest BCUT2D eigenvalue weighted by atomic mass is 19.4. The van der Waals surface area contributed by atoms with Gasteiger partial charge in [0.2, 0.25) is 6.41 Å². The fraction of sp³-hybridized carbons (Fsp3) is 0.667. The Morgan fingerprint density at radius 2 is 2.16 bits per heavy atom. The van der Waals surface area contributed by atoms with Crippen LogP contribution in [0.15, 0.2) is 6.33 Å². The molecule has 1 heterocycles. The normalized spacial score (nSPS) is 23.6. The Balaban J connectivity index is 2.10. The van der Waals surface area contributed by atoms with E-state index in [1.54, 1.807) is 7.05 Å². The first-order valence-electron chi connectivity index (χ1n) is 7.74. The summed E-state index contributed by atoms with van der Waals surface area (Å²) in [4.78, 5) is 30.0. The molecule has 0 radical (unpaired) electrons. The third-order valence-electron chi connectivity index (χ3n) is 4.61. The first-order chi connectivity index (χ1) is 11.5. The minimum absolute atomic E-state index is 0.0760. The second-order valence-corrected chi connectivity index (χ2v) is 6.57. The minimum atomic E-state index is -4.67. The first-order valence-corrected chi connectivity index (χ1v) is 7.74. The number of hydrogen-bond acceptors (Lipinski definition) is 4. The Morgan fingerprint density at radius 1 is 1.52 bits per heavy atom. The number of alkyl halides is 3. The molecule has 1 saturated carbocycles. The van der Waals surface area contributed by atoms with Gasteiger partial charge in [0.15, 0.2) is 17.1 Å². The number of anilines is 1. The van der Waals surface area contributed by atoms with Crippen LogP contribution in [0.5, 0.6) is 0 Å². The van der Waals surface area contributed by atoms with Crippen molar-refractivity contribution in [3.8, 4) is 0 Å². The monoisotopic (exact) mass is 362 g/mol. The molecule has 0 spiro atoms. The maximum absolute atomic E-state index is 12.9. The molecule has 1 aliphatic rings. The van der Waals surface area contributed by atoms with Crippen LogP contribution in [0.4, 0.5) is 19.0 Å². The van der Waals surface area contributed by atoms with Gasteiger partial charge in [0.05, 0.1) is 6.33 Å². The first kappa shape index (κ1) is 19.2. The minimum Gasteiger partial charge on any atom is -0.380 e. The summed E-state index contributed by atoms with van der Waals surface area (Å²) >= 11 is 0. The lowest BCUT2D eigenvalue weighted by molar-refractivity contribution is -0.258. The van der Waals surface area contributed by atoms with Crippen molar-refractivity contribution >= 4 is 18.1 Å². The van der Waals surface area contributed by atoms with E-state index >= 15 is 0 Å². The van der Waals surface area contributed by atoms with E-state index in [0.29, 0.717) is 6.41 Å². The molecular formula is C15H21F3N4O3. The number of nitrogens with zero attached hydrogens (tertiary/aromatic N) is 4. The Kier molecular flexibility index (Phi) is 5.12. The number of hydrogen-bond donors (Lipinski definition) is 1. The molecule has 2 amide bonds. The summed E-state index contributed by atoms with van der Waals surface area (Å²) in [5.74, 6) is -0.736. The smallest absolute Gasteiger partial charge is 0.380 e. The van der Waals surface area contributed by atoms with Gasteiger partial charge < -0.3 is 19.5 Å². The number of carbonyl (C=O) groups is 2. The van der Waals surface area contributed by atoms with E-state index in [9.17, 15) is 27.9 Å². The van der Waals surface area contributed by atoms with E-state index in [-0.39, 0.29) is 30.9 Å². The van der Waals surface area contributed by atoms with Crippen LogP contribution in [0.1, 0.15) is 29.8 Å². The fourth-order valence-corrected chi connectivity index (χ4v) is 3.16. The molecule has 1 fully saturated rings. The van der Waals surface area contributed by atoms with Crippen LogP contribution >= 0.6 is 0 Å². The number of carbonyl (C=O) groups excluding carboxylic acids is 2. The van der Waals surface area contributed by atoms with Crippen molar-refractivity contribution < 1.29 is 27.9 Å². The van der Waals surface area contributed by atoms with Crippen molar-refractivity contribution in [3.05, 3.63) is 12.0 Å². The zero-order chi connectivity index (χ0) is 19.0. The van der Waals surface area contributed by atoms with Gasteiger partial charge in [-0.05, 0) is 25.2 Å². The average Bonchev–Trinajstić information content (AvgIpc) is 3.09. The van der Waals surface area contributed by atoms with Crippen LogP contribution in [0.25, 0.3) is 0 Å². The van der Waals surface area contributed by atoms with Gasteiger partial charge >= 0.3 is 6.18 Å². The van der Waals surface area contributed by atoms with Crippen LogP contribution in [0.2, 0.25) is 0 Å². The van der Waals surface area contributed by atoms with Gasteiger partial charge in [-0.2, -0.15) is 13.2 Å². The molecule has 1 N–H and O–H groups in total. The number of rotatable bonds is 5. The van der Waals surface area contributed by atoms with Crippen molar-refractivity contribution in [2.75, 3.05) is 25.5 Å². The maximum Gasteiger partial charge on any atom is 0.417 e. The standard InChI is InChI=1S/C15H21F3N4O3/c1-20(7-10-4-5-14(25,6-10)15(16,17)18)13(24)11-12(22(3)9-23)19-8-21(11)2/h8-10,25H,4-7H2,1-3H3/t10-,14+/m0/s1. The molecule has 0 bridgehead atoms. The summed E-state index contributed by atoms with van der Waals surface area (Å²) in [6, 6.07) is 0. The molecule has 2 atom stereocenters. The number of aromatic nitrogens is 2. The van der Waals surface area contributed by atoms with E-state index in [2.05, 4.69) is 4.98 Å². The lowest BCUT2D eigenvalue weighted by Gasteiger charge is -2.27. The average molecular weight is 362 g/mol. The van der Waals surface area contributed by atoms with Crippen molar-refractivity contribution in [2.24, 2.45) is 13.0 Å². The summed E-state index contributed by atoms with van der Waals surface area (Å²) in [6.07, 6.45) is -3.39. The molecule has 2 rings (SSSR count). The molecule has 1 aromatic rings. The molecule has 140 valence electrons. The summed E-state index contributed by atoms with van der Waals surface area (Å²) in [5.41, 5.74) is -2.52. The Morgan fingerprint density at radius 3 is 2.68 bits per heavy atom. The third kappa shape index (κ3) is 3.63. The molecule has 0 aliphatic heterocycles. The fourth-order valence-electron chi connectivity index (χ4n) is 3.16. The summed E-state index contributed by atoms with van der Waals surface area (Å²) < 4.78 is 40.1. The topological polar surface area (TPSA) is 78.7 Å². The van der Waals surface area contributed by atoms with Gasteiger partial charge in [0.25, 0.3) is 5.91 Å². The van der Waals surface area contributed by atoms with Gasteiger partial charge in [0, 0.05) is 27.7 Å². The van der Waals surface area contributed by atoms with Crippen LogP contribution < -0.4 is 4.90 Å². The van der Waals surface area contributed by atoms with Crippen LogP contribution in [0.3, 0.4) is 0 Å². The Hall–Kier alpha value is -2.10. The molecule has 7 nitrogen and oxygen atoms in total. The summed E-state index contributed by atoms with van der Waals surface area (Å²) in [6.45, 7) is 0.0760. The third-order valence-corrected chi connectivity index (χ3v) is 4.61. The molecule has 10 heteroatoms. The van der Waals surface area contributed by atoms with E-state index in [0.717, 1.165) is 4.90 Å². The highest BCUT2D eigenvalue weighted by Crippen LogP contribution is 2.45. The number of amides is 2. The van der Waals surface area contributed by atoms with Gasteiger partial charge in [-0.25, -0.2) is 4.98 Å². The quantitative estimate of drug-likeness (QED) is 0.798. The van der Waals surface area contributed by atoms with Crippen molar-refractivity contribution in [3.63, 3.8) is 0 Å². The predicted molar refractivity (Wildman–Crippen MR) is 83.0 cm³/mol. The zero-order valence-corrected chi connectivity index (χ0v) is 14.2. The van der Waals surface area contributed by atoms with Gasteiger partial charge in [0.1, 0.15) is 0 Å². The van der Waals surface area contributed by atoms with Crippen molar-refractivity contribution in [2.45, 2.75) is 31.0 Å². The molecular weight excluding hydrogens is 341 g/mol. The molecule has 1 aliphatic carbocycles. The Bertz CT molecular complexity index is 661. The highest BCUT2D eigenvalue weighted by Gasteiger charge is 2.57. The Labute approximate surface area is 143 Å². The lowest BCUT2D eigenvalue weighted by Crippen LogP contribution is -2.43. The van der Waals surface area contributed by atoms with E-state index in [4.69, 9.17) is 0 Å². The number of halogens is 3. The van der Waals surface area contributed by atoms with Crippen molar-refractivity contribution in [1.29, 1.82) is 0 Å². The maximum atomic E-state index is 12.9. The lowest BCUT2D eigenvalue weighted by atomic mass is 9.99. The van der Waals surface area contributed by atoms with E-state index in [1.165, 1.54) is 29.9 Å². The SMILES string of the molecule is CN(C[C@H]1CC[C@](O)(C(F)(F)F)C1)C(=O)c1c(N(C)C=O)ncn1C. The largest absolute Gasteiger partial charge is 0.417 e. The van der Waals surface area contributed by atoms with E-state index in [1.807, 2.05) is 0 Å². The van der Waals surface area contributed by atoms with Gasteiger partial charge in [-0.3, -0.25) is 9.59 Å². The molecule has 25 heavy (non-hydrogen) atoms. The summed E-state index contributed by atoms with van der Waals surface area (Å²) in [5, 5.41) is 9.74. The zero-order valence-electron chi connectivity index (χ0n) is 14.2. The number of aliphatic hydroxyl groups is 1. The van der Waals surface area contributed by atoms with Gasteiger partial charge in [-0.15, -0.1) is 0 Å². The van der Waals surface area contributed by atoms with Crippen LogP contribution in [0, 0.1) is 5.92 Å². The predicted octanol–water partition coefficient (Wildman–Crippen LogP) is 1.18. The van der Waals surface area contributed by atoms with Gasteiger partial charge in [-0.1, -0.05) is 0 Å². The van der Waals surface area contributed by atoms with Crippen LogP contribution in [-0.2, 0) is 11.8 Å². The second-order valence-electron chi connectivity index (χ2n) is 6.57. The summed E-state index contributed by atoms with van der Waals surface area (Å²) in [7, 11) is 4.52. The molecule has 1 aromatic heterocycles. The molecule has 0 unspecified atom stereocenters. The van der Waals surface area contributed by atoms with Crippen LogP contribution in [-0.4, -0.2) is 64.3 Å². The number of imidazole rings is 1. The van der Waals surface area contributed by atoms with E-state index < -0.39 is 30.0 Å². The van der Waals surface area contributed by atoms with Crippen molar-refractivity contribution in [1.82, 2.24) is 14.5 Å². The molecule has 0 aromatic carbocycles. The second kappa shape index (κ2) is 6.66.